The fourth-order valence-electron chi connectivity index (χ4n) is 3.29. The van der Waals surface area contributed by atoms with Gasteiger partial charge < -0.3 is 9.64 Å². The number of hydrogen-bond acceptors (Lipinski definition) is 3. The SMILES string of the molecule is O=CC1OCC(Cc2ccccc2)N1C(=O)CCCc1ccccc1. The molecule has 1 fully saturated rings. The molecule has 1 aliphatic heterocycles. The second kappa shape index (κ2) is 8.58. The number of rotatable bonds is 7. The lowest BCUT2D eigenvalue weighted by Crippen LogP contribution is -2.43. The van der Waals surface area contributed by atoms with Crippen LogP contribution in [0.4, 0.5) is 0 Å². The van der Waals surface area contributed by atoms with Crippen LogP contribution in [0.5, 0.6) is 0 Å². The molecule has 0 aliphatic carbocycles. The van der Waals surface area contributed by atoms with E-state index in [4.69, 9.17) is 4.74 Å². The number of benzene rings is 2. The third-order valence-corrected chi connectivity index (χ3v) is 4.54. The molecule has 0 saturated carbocycles. The van der Waals surface area contributed by atoms with Crippen LogP contribution < -0.4 is 0 Å². The van der Waals surface area contributed by atoms with E-state index in [9.17, 15) is 9.59 Å². The summed E-state index contributed by atoms with van der Waals surface area (Å²) in [6.07, 6.45) is 2.72. The van der Waals surface area contributed by atoms with E-state index in [1.54, 1.807) is 4.90 Å². The number of aryl methyl sites for hydroxylation is 1. The van der Waals surface area contributed by atoms with Crippen LogP contribution in [0.25, 0.3) is 0 Å². The number of nitrogens with zero attached hydrogens (tertiary/aromatic N) is 1. The van der Waals surface area contributed by atoms with Crippen molar-refractivity contribution in [1.82, 2.24) is 4.90 Å². The first kappa shape index (κ1) is 17.4. The monoisotopic (exact) mass is 337 g/mol. The van der Waals surface area contributed by atoms with E-state index < -0.39 is 6.23 Å². The van der Waals surface area contributed by atoms with Gasteiger partial charge in [-0.05, 0) is 30.4 Å². The Labute approximate surface area is 148 Å². The molecule has 3 rings (SSSR count). The lowest BCUT2D eigenvalue weighted by atomic mass is 10.0. The van der Waals surface area contributed by atoms with Gasteiger partial charge in [-0.25, -0.2) is 0 Å². The van der Waals surface area contributed by atoms with Crippen LogP contribution in [0.2, 0.25) is 0 Å². The molecule has 0 bridgehead atoms. The van der Waals surface area contributed by atoms with Crippen LogP contribution >= 0.6 is 0 Å². The molecule has 1 aliphatic rings. The van der Waals surface area contributed by atoms with Gasteiger partial charge in [-0.3, -0.25) is 9.59 Å². The zero-order valence-corrected chi connectivity index (χ0v) is 14.2. The maximum Gasteiger partial charge on any atom is 0.225 e. The van der Waals surface area contributed by atoms with Crippen LogP contribution in [0.3, 0.4) is 0 Å². The van der Waals surface area contributed by atoms with Gasteiger partial charge in [0.25, 0.3) is 0 Å². The van der Waals surface area contributed by atoms with Crippen molar-refractivity contribution < 1.29 is 14.3 Å². The van der Waals surface area contributed by atoms with E-state index in [1.165, 1.54) is 5.56 Å². The normalized spacial score (nSPS) is 19.8. The summed E-state index contributed by atoms with van der Waals surface area (Å²) in [6.45, 7) is 0.405. The van der Waals surface area contributed by atoms with Crippen molar-refractivity contribution in [3.63, 3.8) is 0 Å². The lowest BCUT2D eigenvalue weighted by Gasteiger charge is -2.26. The van der Waals surface area contributed by atoms with Crippen LogP contribution in [-0.4, -0.2) is 36.0 Å². The number of amides is 1. The van der Waals surface area contributed by atoms with Crippen molar-refractivity contribution in [3.8, 4) is 0 Å². The van der Waals surface area contributed by atoms with Gasteiger partial charge in [-0.15, -0.1) is 0 Å². The van der Waals surface area contributed by atoms with Crippen molar-refractivity contribution in [2.45, 2.75) is 38.0 Å². The highest BCUT2D eigenvalue weighted by molar-refractivity contribution is 5.80. The summed E-state index contributed by atoms with van der Waals surface area (Å²) in [5, 5.41) is 0. The Morgan fingerprint density at radius 1 is 1.04 bits per heavy atom. The number of aldehydes is 1. The van der Waals surface area contributed by atoms with E-state index in [2.05, 4.69) is 12.1 Å². The lowest BCUT2D eigenvalue weighted by molar-refractivity contribution is -0.142. The highest BCUT2D eigenvalue weighted by Gasteiger charge is 2.37. The molecule has 2 unspecified atom stereocenters. The first-order valence-corrected chi connectivity index (χ1v) is 8.74. The summed E-state index contributed by atoms with van der Waals surface area (Å²) in [7, 11) is 0. The Hall–Kier alpha value is -2.46. The molecule has 1 saturated heterocycles. The Bertz CT molecular complexity index is 687. The summed E-state index contributed by atoms with van der Waals surface area (Å²) in [5.41, 5.74) is 2.37. The molecular weight excluding hydrogens is 314 g/mol. The predicted molar refractivity (Wildman–Crippen MR) is 96.0 cm³/mol. The highest BCUT2D eigenvalue weighted by atomic mass is 16.5. The minimum Gasteiger partial charge on any atom is -0.349 e. The van der Waals surface area contributed by atoms with Gasteiger partial charge >= 0.3 is 0 Å². The zero-order valence-electron chi connectivity index (χ0n) is 14.2. The summed E-state index contributed by atoms with van der Waals surface area (Å²) >= 11 is 0. The number of carbonyl (C=O) groups excluding carboxylic acids is 2. The summed E-state index contributed by atoms with van der Waals surface area (Å²) in [4.78, 5) is 25.6. The average Bonchev–Trinajstić information content (AvgIpc) is 3.06. The van der Waals surface area contributed by atoms with Crippen molar-refractivity contribution in [2.75, 3.05) is 6.61 Å². The van der Waals surface area contributed by atoms with E-state index in [0.717, 1.165) is 24.7 Å². The van der Waals surface area contributed by atoms with E-state index in [-0.39, 0.29) is 11.9 Å². The molecule has 2 atom stereocenters. The van der Waals surface area contributed by atoms with Crippen molar-refractivity contribution in [3.05, 3.63) is 71.8 Å². The maximum absolute atomic E-state index is 12.7. The molecule has 2 aromatic carbocycles. The molecule has 0 N–H and O–H groups in total. The zero-order chi connectivity index (χ0) is 17.5. The topological polar surface area (TPSA) is 46.6 Å². The van der Waals surface area contributed by atoms with Crippen LogP contribution in [0, 0.1) is 0 Å². The predicted octanol–water partition coefficient (Wildman–Crippen LogP) is 3.00. The summed E-state index contributed by atoms with van der Waals surface area (Å²) < 4.78 is 5.52. The summed E-state index contributed by atoms with van der Waals surface area (Å²) in [6, 6.07) is 20.0. The van der Waals surface area contributed by atoms with E-state index in [1.807, 2.05) is 48.5 Å². The smallest absolute Gasteiger partial charge is 0.225 e. The fourth-order valence-corrected chi connectivity index (χ4v) is 3.29. The van der Waals surface area contributed by atoms with Gasteiger partial charge in [0.1, 0.15) is 0 Å². The number of carbonyl (C=O) groups is 2. The van der Waals surface area contributed by atoms with Gasteiger partial charge in [0, 0.05) is 6.42 Å². The van der Waals surface area contributed by atoms with Gasteiger partial charge in [0.05, 0.1) is 12.6 Å². The third-order valence-electron chi connectivity index (χ3n) is 4.54. The highest BCUT2D eigenvalue weighted by Crippen LogP contribution is 2.21. The molecular formula is C21H23NO3. The molecule has 2 aromatic rings. The largest absolute Gasteiger partial charge is 0.349 e. The average molecular weight is 337 g/mol. The maximum atomic E-state index is 12.7. The van der Waals surface area contributed by atoms with Gasteiger partial charge in [0.15, 0.2) is 12.5 Å². The van der Waals surface area contributed by atoms with Gasteiger partial charge in [-0.2, -0.15) is 0 Å². The minimum absolute atomic E-state index is 0.00791. The Balaban J connectivity index is 1.59. The molecule has 25 heavy (non-hydrogen) atoms. The number of hydrogen-bond donors (Lipinski definition) is 0. The van der Waals surface area contributed by atoms with Crippen LogP contribution in [-0.2, 0) is 27.2 Å². The van der Waals surface area contributed by atoms with E-state index >= 15 is 0 Å². The van der Waals surface area contributed by atoms with Crippen LogP contribution in [0.15, 0.2) is 60.7 Å². The second-order valence-corrected chi connectivity index (χ2v) is 6.34. The Morgan fingerprint density at radius 3 is 2.32 bits per heavy atom. The fraction of sp³-hybridized carbons (Fsp3) is 0.333. The van der Waals surface area contributed by atoms with Gasteiger partial charge in [-0.1, -0.05) is 60.7 Å². The molecule has 0 aromatic heterocycles. The molecule has 4 nitrogen and oxygen atoms in total. The molecule has 0 spiro atoms. The molecule has 1 amide bonds. The number of ether oxygens (including phenoxy) is 1. The standard InChI is InChI=1S/C21H23NO3/c23-15-21-22(19(16-25-21)14-18-10-5-2-6-11-18)20(24)13-7-12-17-8-3-1-4-9-17/h1-6,8-11,15,19,21H,7,12-14,16H2. The van der Waals surface area contributed by atoms with Crippen LogP contribution in [0.1, 0.15) is 24.0 Å². The molecule has 0 radical (unpaired) electrons. The second-order valence-electron chi connectivity index (χ2n) is 6.34. The summed E-state index contributed by atoms with van der Waals surface area (Å²) in [5.74, 6) is -0.00791. The molecule has 1 heterocycles. The first-order valence-electron chi connectivity index (χ1n) is 8.74. The quantitative estimate of drug-likeness (QED) is 0.730. The third kappa shape index (κ3) is 4.54. The van der Waals surface area contributed by atoms with E-state index in [0.29, 0.717) is 19.4 Å². The Kier molecular flexibility index (Phi) is 5.96. The van der Waals surface area contributed by atoms with Crippen molar-refractivity contribution in [2.24, 2.45) is 0 Å². The van der Waals surface area contributed by atoms with Crippen molar-refractivity contribution >= 4 is 12.2 Å². The van der Waals surface area contributed by atoms with Crippen molar-refractivity contribution in [1.29, 1.82) is 0 Å². The minimum atomic E-state index is -0.752. The first-order chi connectivity index (χ1) is 12.3. The van der Waals surface area contributed by atoms with Gasteiger partial charge in [0.2, 0.25) is 5.91 Å². The molecule has 130 valence electrons. The Morgan fingerprint density at radius 2 is 1.68 bits per heavy atom. The molecule has 4 heteroatoms.